The lowest BCUT2D eigenvalue weighted by Crippen LogP contribution is -2.30. The fourth-order valence-electron chi connectivity index (χ4n) is 3.11. The first-order chi connectivity index (χ1) is 8.83. The minimum Gasteiger partial charge on any atom is -0.316 e. The van der Waals surface area contributed by atoms with Gasteiger partial charge in [0.1, 0.15) is 0 Å². The molecule has 0 amide bonds. The minimum atomic E-state index is 0.440. The molecule has 2 heteroatoms. The molecule has 3 rings (SSSR count). The lowest BCUT2D eigenvalue weighted by atomic mass is 9.83. The maximum absolute atomic E-state index is 6.02. The number of halogens is 1. The lowest BCUT2D eigenvalue weighted by Gasteiger charge is -2.26. The third-order valence-corrected chi connectivity index (χ3v) is 5.19. The number of hydrogen-bond acceptors (Lipinski definition) is 1. The van der Waals surface area contributed by atoms with Crippen LogP contribution in [0, 0.1) is 5.41 Å². The molecule has 1 unspecified atom stereocenters. The molecule has 1 N–H and O–H groups in total. The minimum absolute atomic E-state index is 0.440. The van der Waals surface area contributed by atoms with Crippen molar-refractivity contribution in [2.24, 2.45) is 5.41 Å². The molecule has 98 valence electrons. The number of rotatable bonds is 5. The van der Waals surface area contributed by atoms with Gasteiger partial charge in [-0.25, -0.2) is 0 Å². The Morgan fingerprint density at radius 2 is 2.11 bits per heavy atom. The Morgan fingerprint density at radius 1 is 1.28 bits per heavy atom. The molecule has 1 nitrogen and oxygen atoms in total. The standard InChI is InChI=1S/C16H22ClN/c17-11-16(8-9-16)12-18-10-14-6-3-5-13-4-1-2-7-15(13)14/h1-2,4,7,14,18H,3,5-6,8-12H2. The fourth-order valence-corrected chi connectivity index (χ4v) is 3.47. The van der Waals surface area contributed by atoms with Gasteiger partial charge in [0, 0.05) is 19.0 Å². The summed E-state index contributed by atoms with van der Waals surface area (Å²) < 4.78 is 0. The molecule has 2 aliphatic carbocycles. The van der Waals surface area contributed by atoms with Crippen LogP contribution < -0.4 is 5.32 Å². The number of aryl methyl sites for hydroxylation is 1. The van der Waals surface area contributed by atoms with Crippen molar-refractivity contribution in [3.8, 4) is 0 Å². The predicted molar refractivity (Wildman–Crippen MR) is 77.4 cm³/mol. The smallest absolute Gasteiger partial charge is 0.0292 e. The molecule has 1 aromatic rings. The van der Waals surface area contributed by atoms with Crippen molar-refractivity contribution in [1.29, 1.82) is 0 Å². The first-order valence-electron chi connectivity index (χ1n) is 7.17. The highest BCUT2D eigenvalue weighted by Crippen LogP contribution is 2.46. The molecule has 1 atom stereocenters. The molecule has 18 heavy (non-hydrogen) atoms. The third-order valence-electron chi connectivity index (χ3n) is 4.62. The summed E-state index contributed by atoms with van der Waals surface area (Å²) in [5.41, 5.74) is 3.58. The van der Waals surface area contributed by atoms with E-state index in [2.05, 4.69) is 29.6 Å². The fraction of sp³-hybridized carbons (Fsp3) is 0.625. The normalized spacial score (nSPS) is 24.6. The highest BCUT2D eigenvalue weighted by Gasteiger charge is 2.41. The van der Waals surface area contributed by atoms with E-state index < -0.39 is 0 Å². The van der Waals surface area contributed by atoms with Gasteiger partial charge < -0.3 is 5.32 Å². The van der Waals surface area contributed by atoms with Gasteiger partial charge >= 0.3 is 0 Å². The van der Waals surface area contributed by atoms with E-state index in [1.807, 2.05) is 0 Å². The second-order valence-corrected chi connectivity index (χ2v) is 6.32. The highest BCUT2D eigenvalue weighted by atomic mass is 35.5. The topological polar surface area (TPSA) is 12.0 Å². The SMILES string of the molecule is ClCC1(CNCC2CCCc3ccccc32)CC1. The van der Waals surface area contributed by atoms with Crippen LogP contribution >= 0.6 is 11.6 Å². The Hall–Kier alpha value is -0.530. The van der Waals surface area contributed by atoms with Crippen LogP contribution in [0.2, 0.25) is 0 Å². The molecule has 1 saturated carbocycles. The molecule has 2 aliphatic rings. The third kappa shape index (κ3) is 2.57. The maximum atomic E-state index is 6.02. The zero-order valence-corrected chi connectivity index (χ0v) is 11.7. The molecule has 0 radical (unpaired) electrons. The number of hydrogen-bond donors (Lipinski definition) is 1. The van der Waals surface area contributed by atoms with Gasteiger partial charge in [-0.1, -0.05) is 24.3 Å². The number of nitrogens with one attached hydrogen (secondary N) is 1. The molecule has 0 aromatic heterocycles. The van der Waals surface area contributed by atoms with Crippen molar-refractivity contribution >= 4 is 11.6 Å². The molecule has 0 bridgehead atoms. The summed E-state index contributed by atoms with van der Waals surface area (Å²) in [7, 11) is 0. The van der Waals surface area contributed by atoms with E-state index in [9.17, 15) is 0 Å². The molecule has 1 fully saturated rings. The monoisotopic (exact) mass is 263 g/mol. The van der Waals surface area contributed by atoms with Crippen molar-refractivity contribution in [2.45, 2.75) is 38.0 Å². The van der Waals surface area contributed by atoms with Crippen LogP contribution in [0.5, 0.6) is 0 Å². The summed E-state index contributed by atoms with van der Waals surface area (Å²) in [6, 6.07) is 8.96. The highest BCUT2D eigenvalue weighted by molar-refractivity contribution is 6.18. The molecular formula is C16H22ClN. The Labute approximate surface area is 115 Å². The Kier molecular flexibility index (Phi) is 3.63. The van der Waals surface area contributed by atoms with Crippen LogP contribution in [-0.2, 0) is 6.42 Å². The van der Waals surface area contributed by atoms with Gasteiger partial charge in [-0.15, -0.1) is 11.6 Å². The Balaban J connectivity index is 1.57. The van der Waals surface area contributed by atoms with E-state index in [1.54, 1.807) is 11.1 Å². The lowest BCUT2D eigenvalue weighted by molar-refractivity contribution is 0.455. The number of fused-ring (bicyclic) bond motifs is 1. The van der Waals surface area contributed by atoms with Crippen molar-refractivity contribution in [1.82, 2.24) is 5.32 Å². The largest absolute Gasteiger partial charge is 0.316 e. The first-order valence-corrected chi connectivity index (χ1v) is 7.71. The second-order valence-electron chi connectivity index (χ2n) is 6.05. The van der Waals surface area contributed by atoms with Crippen LogP contribution in [0.1, 0.15) is 42.7 Å². The van der Waals surface area contributed by atoms with Crippen molar-refractivity contribution in [2.75, 3.05) is 19.0 Å². The number of alkyl halides is 1. The molecule has 0 heterocycles. The maximum Gasteiger partial charge on any atom is 0.0292 e. The van der Waals surface area contributed by atoms with Crippen molar-refractivity contribution < 1.29 is 0 Å². The molecule has 0 aliphatic heterocycles. The summed E-state index contributed by atoms with van der Waals surface area (Å²) in [5, 5.41) is 3.67. The zero-order chi connectivity index (χ0) is 12.4. The van der Waals surface area contributed by atoms with Crippen LogP contribution in [0.3, 0.4) is 0 Å². The summed E-state index contributed by atoms with van der Waals surface area (Å²) in [6.45, 7) is 2.23. The van der Waals surface area contributed by atoms with E-state index >= 15 is 0 Å². The van der Waals surface area contributed by atoms with E-state index in [1.165, 1.54) is 32.1 Å². The summed E-state index contributed by atoms with van der Waals surface area (Å²) in [5.74, 6) is 1.53. The van der Waals surface area contributed by atoms with E-state index in [0.717, 1.165) is 19.0 Å². The van der Waals surface area contributed by atoms with Gasteiger partial charge in [-0.3, -0.25) is 0 Å². The second kappa shape index (κ2) is 5.22. The summed E-state index contributed by atoms with van der Waals surface area (Å²) >= 11 is 6.02. The van der Waals surface area contributed by atoms with Crippen molar-refractivity contribution in [3.05, 3.63) is 35.4 Å². The van der Waals surface area contributed by atoms with Gasteiger partial charge in [0.15, 0.2) is 0 Å². The zero-order valence-electron chi connectivity index (χ0n) is 10.9. The summed E-state index contributed by atoms with van der Waals surface area (Å²) in [4.78, 5) is 0. The summed E-state index contributed by atoms with van der Waals surface area (Å²) in [6.07, 6.45) is 6.55. The van der Waals surface area contributed by atoms with Crippen LogP contribution in [0.15, 0.2) is 24.3 Å². The van der Waals surface area contributed by atoms with Crippen LogP contribution in [-0.4, -0.2) is 19.0 Å². The van der Waals surface area contributed by atoms with E-state index in [0.29, 0.717) is 11.3 Å². The average molecular weight is 264 g/mol. The number of benzene rings is 1. The first kappa shape index (κ1) is 12.5. The Bertz CT molecular complexity index is 411. The van der Waals surface area contributed by atoms with Crippen LogP contribution in [0.4, 0.5) is 0 Å². The molecule has 1 aromatic carbocycles. The average Bonchev–Trinajstić information content (AvgIpc) is 3.20. The van der Waals surface area contributed by atoms with Gasteiger partial charge in [0.05, 0.1) is 0 Å². The van der Waals surface area contributed by atoms with Gasteiger partial charge in [0.25, 0.3) is 0 Å². The van der Waals surface area contributed by atoms with Gasteiger partial charge in [-0.05, 0) is 54.6 Å². The predicted octanol–water partition coefficient (Wildman–Crippen LogP) is 3.72. The van der Waals surface area contributed by atoms with E-state index in [-0.39, 0.29) is 0 Å². The Morgan fingerprint density at radius 3 is 2.89 bits per heavy atom. The van der Waals surface area contributed by atoms with Gasteiger partial charge in [0.2, 0.25) is 0 Å². The quantitative estimate of drug-likeness (QED) is 0.799. The van der Waals surface area contributed by atoms with Crippen LogP contribution in [0.25, 0.3) is 0 Å². The van der Waals surface area contributed by atoms with Crippen molar-refractivity contribution in [3.63, 3.8) is 0 Å². The van der Waals surface area contributed by atoms with E-state index in [4.69, 9.17) is 11.6 Å². The van der Waals surface area contributed by atoms with Gasteiger partial charge in [-0.2, -0.15) is 0 Å². The molecule has 0 spiro atoms. The molecule has 0 saturated heterocycles. The molecular weight excluding hydrogens is 242 g/mol.